The van der Waals surface area contributed by atoms with E-state index < -0.39 is 4.92 Å². The number of ether oxygens (including phenoxy) is 1. The first-order valence-corrected chi connectivity index (χ1v) is 6.17. The van der Waals surface area contributed by atoms with Crippen LogP contribution >= 0.6 is 28.6 Å². The summed E-state index contributed by atoms with van der Waals surface area (Å²) in [6.07, 6.45) is 0.760. The number of hydrogen-bond acceptors (Lipinski definition) is 4. The lowest BCUT2D eigenvalue weighted by Crippen LogP contribution is -2.03. The van der Waals surface area contributed by atoms with Crippen LogP contribution in [0.2, 0.25) is 0 Å². The van der Waals surface area contributed by atoms with E-state index in [1.165, 1.54) is 6.07 Å². The van der Waals surface area contributed by atoms with Crippen molar-refractivity contribution in [2.45, 2.75) is 13.3 Å². The van der Waals surface area contributed by atoms with Gasteiger partial charge in [0.25, 0.3) is 0 Å². The molecule has 0 unspecified atom stereocenters. The molecule has 1 aromatic carbocycles. The van der Waals surface area contributed by atoms with Gasteiger partial charge in [0.1, 0.15) is 0 Å². The molecule has 0 aromatic heterocycles. The minimum Gasteiger partial charge on any atom is -0.487 e. The second kappa shape index (κ2) is 6.10. The zero-order valence-electron chi connectivity index (χ0n) is 8.77. The van der Waals surface area contributed by atoms with Crippen LogP contribution in [0.3, 0.4) is 0 Å². The van der Waals surface area contributed by atoms with Gasteiger partial charge in [0.2, 0.25) is 0 Å². The number of nitrogens with zero attached hydrogens (tertiary/aromatic N) is 1. The molecule has 6 heteroatoms. The van der Waals surface area contributed by atoms with Crippen LogP contribution < -0.4 is 4.74 Å². The van der Waals surface area contributed by atoms with Gasteiger partial charge in [-0.3, -0.25) is 10.1 Å². The highest BCUT2D eigenvalue weighted by Crippen LogP contribution is 2.34. The Bertz CT molecular complexity index is 398. The van der Waals surface area contributed by atoms with E-state index in [-0.39, 0.29) is 5.69 Å². The van der Waals surface area contributed by atoms with Crippen LogP contribution in [-0.4, -0.2) is 17.3 Å². The van der Waals surface area contributed by atoms with Crippen LogP contribution in [0.5, 0.6) is 5.75 Å². The quantitative estimate of drug-likeness (QED) is 0.393. The molecule has 0 spiro atoms. The van der Waals surface area contributed by atoms with Crippen molar-refractivity contribution in [3.8, 4) is 5.75 Å². The topological polar surface area (TPSA) is 52.4 Å². The van der Waals surface area contributed by atoms with Gasteiger partial charge in [-0.15, -0.1) is 0 Å². The van der Waals surface area contributed by atoms with Crippen molar-refractivity contribution in [2.75, 3.05) is 12.4 Å². The summed E-state index contributed by atoms with van der Waals surface area (Å²) in [4.78, 5) is 10.4. The molecule has 1 aromatic rings. The molecule has 0 saturated heterocycles. The van der Waals surface area contributed by atoms with Crippen LogP contribution in [0.1, 0.15) is 12.0 Å². The monoisotopic (exact) mass is 305 g/mol. The third-order valence-corrected chi connectivity index (χ3v) is 2.74. The number of halogens is 1. The molecule has 0 saturated carbocycles. The van der Waals surface area contributed by atoms with Gasteiger partial charge in [0.15, 0.2) is 5.75 Å². The largest absolute Gasteiger partial charge is 0.487 e. The van der Waals surface area contributed by atoms with E-state index in [4.69, 9.17) is 4.74 Å². The van der Waals surface area contributed by atoms with Crippen molar-refractivity contribution in [3.63, 3.8) is 0 Å². The first kappa shape index (κ1) is 13.3. The highest BCUT2D eigenvalue weighted by molar-refractivity contribution is 9.10. The smallest absolute Gasteiger partial charge is 0.312 e. The van der Waals surface area contributed by atoms with Gasteiger partial charge in [0, 0.05) is 10.5 Å². The number of rotatable bonds is 5. The number of benzene rings is 1. The van der Waals surface area contributed by atoms with Crippen molar-refractivity contribution in [1.29, 1.82) is 0 Å². The van der Waals surface area contributed by atoms with E-state index in [0.717, 1.165) is 12.0 Å². The predicted octanol–water partition coefficient (Wildman–Crippen LogP) is 3.36. The molecule has 88 valence electrons. The Kier molecular flexibility index (Phi) is 5.08. The summed E-state index contributed by atoms with van der Waals surface area (Å²) >= 11 is 7.28. The zero-order valence-corrected chi connectivity index (χ0v) is 11.3. The van der Waals surface area contributed by atoms with Crippen LogP contribution in [0.15, 0.2) is 16.6 Å². The zero-order chi connectivity index (χ0) is 12.1. The minimum absolute atomic E-state index is 0.00830. The van der Waals surface area contributed by atoms with Crippen molar-refractivity contribution in [3.05, 3.63) is 32.3 Å². The van der Waals surface area contributed by atoms with Gasteiger partial charge in [-0.25, -0.2) is 0 Å². The first-order valence-electron chi connectivity index (χ1n) is 4.74. The number of aryl methyl sites for hydroxylation is 1. The summed E-state index contributed by atoms with van der Waals surface area (Å²) in [5, 5.41) is 10.8. The van der Waals surface area contributed by atoms with E-state index in [2.05, 4.69) is 28.6 Å². The molecule has 0 N–H and O–H groups in total. The lowest BCUT2D eigenvalue weighted by Gasteiger charge is -2.09. The molecule has 1 rings (SSSR count). The van der Waals surface area contributed by atoms with E-state index in [1.807, 2.05) is 0 Å². The molecule has 4 nitrogen and oxygen atoms in total. The molecule has 0 heterocycles. The Morgan fingerprint density at radius 2 is 2.25 bits per heavy atom. The van der Waals surface area contributed by atoms with Crippen LogP contribution in [-0.2, 0) is 0 Å². The van der Waals surface area contributed by atoms with Crippen LogP contribution in [0.4, 0.5) is 5.69 Å². The van der Waals surface area contributed by atoms with Gasteiger partial charge in [0.05, 0.1) is 11.5 Å². The average Bonchev–Trinajstić information content (AvgIpc) is 2.20. The normalized spacial score (nSPS) is 10.2. The maximum absolute atomic E-state index is 10.8. The second-order valence-electron chi connectivity index (χ2n) is 3.25. The Morgan fingerprint density at radius 1 is 1.56 bits per heavy atom. The van der Waals surface area contributed by atoms with E-state index >= 15 is 0 Å². The fourth-order valence-corrected chi connectivity index (χ4v) is 1.96. The summed E-state index contributed by atoms with van der Waals surface area (Å²) < 4.78 is 6.09. The summed E-state index contributed by atoms with van der Waals surface area (Å²) in [6, 6.07) is 3.24. The highest BCUT2D eigenvalue weighted by Gasteiger charge is 2.18. The fraction of sp³-hybridized carbons (Fsp3) is 0.400. The molecule has 0 fully saturated rings. The molecule has 0 atom stereocenters. The first-order chi connectivity index (χ1) is 7.56. The van der Waals surface area contributed by atoms with Crippen molar-refractivity contribution in [1.82, 2.24) is 0 Å². The molecule has 0 aliphatic heterocycles. The maximum Gasteiger partial charge on any atom is 0.312 e. The van der Waals surface area contributed by atoms with Crippen LogP contribution in [0.25, 0.3) is 0 Å². The number of hydrogen-bond donors (Lipinski definition) is 1. The van der Waals surface area contributed by atoms with Gasteiger partial charge < -0.3 is 4.74 Å². The SMILES string of the molecule is Cc1cc(Br)cc([N+](=O)[O-])c1OCCCS. The molecule has 0 amide bonds. The standard InChI is InChI=1S/C10H12BrNO3S/c1-7-5-8(11)6-9(12(13)14)10(7)15-3-2-4-16/h5-6,16H,2-4H2,1H3. The molecule has 0 bridgehead atoms. The number of thiol groups is 1. The van der Waals surface area contributed by atoms with Crippen molar-refractivity contribution in [2.24, 2.45) is 0 Å². The van der Waals surface area contributed by atoms with Gasteiger partial charge >= 0.3 is 5.69 Å². The van der Waals surface area contributed by atoms with Crippen molar-refractivity contribution < 1.29 is 9.66 Å². The van der Waals surface area contributed by atoms with E-state index in [1.54, 1.807) is 13.0 Å². The molecule has 0 radical (unpaired) electrons. The van der Waals surface area contributed by atoms with Gasteiger partial charge in [-0.2, -0.15) is 12.6 Å². The molecule has 0 aliphatic rings. The maximum atomic E-state index is 10.8. The third kappa shape index (κ3) is 3.38. The predicted molar refractivity (Wildman–Crippen MR) is 69.5 cm³/mol. The lowest BCUT2D eigenvalue weighted by atomic mass is 10.2. The highest BCUT2D eigenvalue weighted by atomic mass is 79.9. The summed E-state index contributed by atoms with van der Waals surface area (Å²) in [5.74, 6) is 1.04. The average molecular weight is 306 g/mol. The van der Waals surface area contributed by atoms with Crippen LogP contribution in [0, 0.1) is 17.0 Å². The third-order valence-electron chi connectivity index (χ3n) is 1.97. The molecular formula is C10H12BrNO3S. The summed E-state index contributed by atoms with van der Waals surface area (Å²) in [6.45, 7) is 2.22. The molecule has 0 aliphatic carbocycles. The summed E-state index contributed by atoms with van der Waals surface area (Å²) in [7, 11) is 0. The number of nitro groups is 1. The van der Waals surface area contributed by atoms with Gasteiger partial charge in [-0.1, -0.05) is 15.9 Å². The lowest BCUT2D eigenvalue weighted by molar-refractivity contribution is -0.386. The minimum atomic E-state index is -0.437. The number of nitro benzene ring substituents is 1. The summed E-state index contributed by atoms with van der Waals surface area (Å²) in [5.41, 5.74) is 0.742. The Morgan fingerprint density at radius 3 is 2.81 bits per heavy atom. The molecular weight excluding hydrogens is 294 g/mol. The molecule has 16 heavy (non-hydrogen) atoms. The Hall–Kier alpha value is -0.750. The van der Waals surface area contributed by atoms with Crippen molar-refractivity contribution >= 4 is 34.2 Å². The van der Waals surface area contributed by atoms with Gasteiger partial charge in [-0.05, 0) is 30.7 Å². The fourth-order valence-electron chi connectivity index (χ4n) is 1.27. The Labute approximate surface area is 108 Å². The van der Waals surface area contributed by atoms with E-state index in [9.17, 15) is 10.1 Å². The Balaban J connectivity index is 2.99. The second-order valence-corrected chi connectivity index (χ2v) is 4.62. The van der Waals surface area contributed by atoms with E-state index in [0.29, 0.717) is 22.6 Å².